The third-order valence-corrected chi connectivity index (χ3v) is 4.27. The van der Waals surface area contributed by atoms with Gasteiger partial charge in [0.1, 0.15) is 11.8 Å². The first-order valence-corrected chi connectivity index (χ1v) is 7.40. The zero-order chi connectivity index (χ0) is 15.0. The number of halogens is 1. The molecule has 114 valence electrons. The zero-order valence-corrected chi connectivity index (χ0v) is 12.6. The highest BCUT2D eigenvalue weighted by Crippen LogP contribution is 2.35. The van der Waals surface area contributed by atoms with Crippen LogP contribution in [0.25, 0.3) is 0 Å². The number of esters is 1. The Morgan fingerprint density at radius 2 is 2.38 bits per heavy atom. The molecule has 0 aliphatic carbocycles. The number of hydrogen-bond donors (Lipinski definition) is 1. The van der Waals surface area contributed by atoms with Crippen molar-refractivity contribution in [3.63, 3.8) is 0 Å². The van der Waals surface area contributed by atoms with Crippen molar-refractivity contribution >= 4 is 17.6 Å². The van der Waals surface area contributed by atoms with Crippen LogP contribution in [-0.2, 0) is 22.5 Å². The average Bonchev–Trinajstić information content (AvgIpc) is 3.04. The van der Waals surface area contributed by atoms with Gasteiger partial charge in [0.25, 0.3) is 0 Å². The molecule has 0 spiro atoms. The maximum atomic E-state index is 11.8. The molecular weight excluding hydrogens is 294 g/mol. The van der Waals surface area contributed by atoms with Gasteiger partial charge in [0.2, 0.25) is 0 Å². The van der Waals surface area contributed by atoms with Crippen LogP contribution in [0.5, 0.6) is 5.75 Å². The van der Waals surface area contributed by atoms with E-state index < -0.39 is 12.1 Å². The van der Waals surface area contributed by atoms with Crippen LogP contribution >= 0.6 is 11.6 Å². The van der Waals surface area contributed by atoms with Crippen LogP contribution in [-0.4, -0.2) is 48.4 Å². The molecule has 1 aromatic rings. The second-order valence-electron chi connectivity index (χ2n) is 5.51. The molecule has 0 saturated carbocycles. The van der Waals surface area contributed by atoms with Gasteiger partial charge in [0.15, 0.2) is 0 Å². The van der Waals surface area contributed by atoms with Crippen molar-refractivity contribution in [1.82, 2.24) is 4.90 Å². The summed E-state index contributed by atoms with van der Waals surface area (Å²) >= 11 is 6.15. The third kappa shape index (κ3) is 2.86. The Kier molecular flexibility index (Phi) is 4.06. The lowest BCUT2D eigenvalue weighted by molar-refractivity contribution is -0.146. The minimum Gasteiger partial charge on any atom is -0.493 e. The van der Waals surface area contributed by atoms with Crippen LogP contribution in [0.3, 0.4) is 0 Å². The molecule has 0 bridgehead atoms. The van der Waals surface area contributed by atoms with Crippen LogP contribution in [0.1, 0.15) is 17.5 Å². The van der Waals surface area contributed by atoms with Gasteiger partial charge < -0.3 is 14.6 Å². The van der Waals surface area contributed by atoms with E-state index in [0.29, 0.717) is 31.1 Å². The van der Waals surface area contributed by atoms with E-state index in [1.807, 2.05) is 17.0 Å². The van der Waals surface area contributed by atoms with Gasteiger partial charge in [-0.25, -0.2) is 0 Å². The molecule has 2 aliphatic heterocycles. The molecule has 2 heterocycles. The number of benzene rings is 1. The van der Waals surface area contributed by atoms with E-state index in [4.69, 9.17) is 21.1 Å². The Morgan fingerprint density at radius 1 is 1.57 bits per heavy atom. The normalized spacial score (nSPS) is 24.7. The predicted octanol–water partition coefficient (Wildman–Crippen LogP) is 1.38. The molecular formula is C15H18ClNO4. The Balaban J connectivity index is 1.84. The minimum atomic E-state index is -0.512. The van der Waals surface area contributed by atoms with Gasteiger partial charge in [-0.15, -0.1) is 0 Å². The van der Waals surface area contributed by atoms with Crippen LogP contribution in [0.2, 0.25) is 5.02 Å². The summed E-state index contributed by atoms with van der Waals surface area (Å²) in [5.41, 5.74) is 2.06. The Bertz CT molecular complexity index is 563. The van der Waals surface area contributed by atoms with E-state index in [1.54, 1.807) is 0 Å². The fourth-order valence-electron chi connectivity index (χ4n) is 3.12. The molecule has 2 atom stereocenters. The van der Waals surface area contributed by atoms with Gasteiger partial charge >= 0.3 is 5.97 Å². The fraction of sp³-hybridized carbons (Fsp3) is 0.533. The van der Waals surface area contributed by atoms with E-state index in [0.717, 1.165) is 23.3 Å². The minimum absolute atomic E-state index is 0.314. The Labute approximate surface area is 128 Å². The number of carbonyl (C=O) groups is 1. The van der Waals surface area contributed by atoms with Crippen LogP contribution < -0.4 is 4.74 Å². The number of fused-ring (bicyclic) bond motifs is 1. The smallest absolute Gasteiger partial charge is 0.323 e. The molecule has 0 radical (unpaired) electrons. The quantitative estimate of drug-likeness (QED) is 0.855. The summed E-state index contributed by atoms with van der Waals surface area (Å²) in [7, 11) is 1.37. The SMILES string of the molecule is COC(=O)C1CC(O)CN1Cc1cc(Cl)cc2c1OCC2. The topological polar surface area (TPSA) is 59.0 Å². The van der Waals surface area contributed by atoms with E-state index in [2.05, 4.69) is 0 Å². The number of aliphatic hydroxyl groups excluding tert-OH is 1. The molecule has 2 unspecified atom stereocenters. The van der Waals surface area contributed by atoms with E-state index in [9.17, 15) is 9.90 Å². The van der Waals surface area contributed by atoms with E-state index in [-0.39, 0.29) is 5.97 Å². The lowest BCUT2D eigenvalue weighted by atomic mass is 10.1. The number of β-amino-alcohol motifs (C(OH)–C–C–N with tert-alkyl or cyclic N) is 1. The van der Waals surface area contributed by atoms with Crippen molar-refractivity contribution in [2.24, 2.45) is 0 Å². The first kappa shape index (κ1) is 14.6. The summed E-state index contributed by atoms with van der Waals surface area (Å²) < 4.78 is 10.5. The highest BCUT2D eigenvalue weighted by atomic mass is 35.5. The van der Waals surface area contributed by atoms with E-state index >= 15 is 0 Å². The zero-order valence-electron chi connectivity index (χ0n) is 11.8. The predicted molar refractivity (Wildman–Crippen MR) is 77.5 cm³/mol. The van der Waals surface area contributed by atoms with Crippen molar-refractivity contribution in [3.8, 4) is 5.75 Å². The first-order chi connectivity index (χ1) is 10.1. The van der Waals surface area contributed by atoms with Gasteiger partial charge in [-0.3, -0.25) is 9.69 Å². The second-order valence-corrected chi connectivity index (χ2v) is 5.95. The summed E-state index contributed by atoms with van der Waals surface area (Å²) in [6, 6.07) is 3.37. The standard InChI is InChI=1S/C15H18ClNO4/c1-20-15(19)13-6-12(18)8-17(13)7-10-5-11(16)4-9-2-3-21-14(9)10/h4-5,12-13,18H,2-3,6-8H2,1H3. The first-order valence-electron chi connectivity index (χ1n) is 7.02. The highest BCUT2D eigenvalue weighted by molar-refractivity contribution is 6.30. The van der Waals surface area contributed by atoms with Crippen LogP contribution in [0.15, 0.2) is 12.1 Å². The summed E-state index contributed by atoms with van der Waals surface area (Å²) in [4.78, 5) is 13.7. The molecule has 1 N–H and O–H groups in total. The molecule has 3 rings (SSSR count). The maximum absolute atomic E-state index is 11.8. The molecule has 2 aliphatic rings. The molecule has 0 aromatic heterocycles. The number of ether oxygens (including phenoxy) is 2. The van der Waals surface area contributed by atoms with E-state index in [1.165, 1.54) is 7.11 Å². The van der Waals surface area contributed by atoms with Crippen LogP contribution in [0, 0.1) is 0 Å². The molecule has 0 amide bonds. The lowest BCUT2D eigenvalue weighted by Crippen LogP contribution is -2.36. The highest BCUT2D eigenvalue weighted by Gasteiger charge is 2.37. The number of likely N-dealkylation sites (tertiary alicyclic amines) is 1. The number of rotatable bonds is 3. The summed E-state index contributed by atoms with van der Waals surface area (Å²) in [5, 5.41) is 10.5. The largest absolute Gasteiger partial charge is 0.493 e. The van der Waals surface area contributed by atoms with Gasteiger partial charge in [-0.05, 0) is 17.7 Å². The lowest BCUT2D eigenvalue weighted by Gasteiger charge is -2.23. The maximum Gasteiger partial charge on any atom is 0.323 e. The number of methoxy groups -OCH3 is 1. The van der Waals surface area contributed by atoms with Crippen molar-refractivity contribution in [2.75, 3.05) is 20.3 Å². The van der Waals surface area contributed by atoms with Crippen molar-refractivity contribution in [2.45, 2.75) is 31.5 Å². The molecule has 5 nitrogen and oxygen atoms in total. The van der Waals surface area contributed by atoms with Crippen molar-refractivity contribution in [3.05, 3.63) is 28.3 Å². The number of aliphatic hydroxyl groups is 1. The molecule has 1 fully saturated rings. The molecule has 1 aromatic carbocycles. The monoisotopic (exact) mass is 311 g/mol. The number of carbonyl (C=O) groups excluding carboxylic acids is 1. The summed E-state index contributed by atoms with van der Waals surface area (Å²) in [5.74, 6) is 0.551. The second kappa shape index (κ2) is 5.83. The number of nitrogens with zero attached hydrogens (tertiary/aromatic N) is 1. The fourth-order valence-corrected chi connectivity index (χ4v) is 3.38. The molecule has 6 heteroatoms. The van der Waals surface area contributed by atoms with Crippen molar-refractivity contribution < 1.29 is 19.4 Å². The molecule has 1 saturated heterocycles. The van der Waals surface area contributed by atoms with Gasteiger partial charge in [-0.1, -0.05) is 11.6 Å². The van der Waals surface area contributed by atoms with Crippen LogP contribution in [0.4, 0.5) is 0 Å². The third-order valence-electron chi connectivity index (χ3n) is 4.05. The van der Waals surface area contributed by atoms with Gasteiger partial charge in [0.05, 0.1) is 19.8 Å². The number of hydrogen-bond acceptors (Lipinski definition) is 5. The van der Waals surface area contributed by atoms with Gasteiger partial charge in [0, 0.05) is 36.5 Å². The Morgan fingerprint density at radius 3 is 3.14 bits per heavy atom. The Hall–Kier alpha value is -1.30. The summed E-state index contributed by atoms with van der Waals surface area (Å²) in [6.45, 7) is 1.62. The van der Waals surface area contributed by atoms with Crippen molar-refractivity contribution in [1.29, 1.82) is 0 Å². The molecule has 21 heavy (non-hydrogen) atoms. The van der Waals surface area contributed by atoms with Gasteiger partial charge in [-0.2, -0.15) is 0 Å². The average molecular weight is 312 g/mol. The summed E-state index contributed by atoms with van der Waals surface area (Å²) in [6.07, 6.45) is 0.740.